The number of aliphatic imine (C=N–C) groups is 1. The molecule has 2 aromatic rings. The highest BCUT2D eigenvalue weighted by atomic mass is 79.9. The van der Waals surface area contributed by atoms with Gasteiger partial charge in [0.15, 0.2) is 5.96 Å². The van der Waals surface area contributed by atoms with E-state index in [0.717, 1.165) is 28.2 Å². The largest absolute Gasteiger partial charge is 0.492 e. The number of hydrogen-bond donors (Lipinski definition) is 2. The van der Waals surface area contributed by atoms with E-state index >= 15 is 0 Å². The summed E-state index contributed by atoms with van der Waals surface area (Å²) >= 11 is 3.43. The summed E-state index contributed by atoms with van der Waals surface area (Å²) in [6, 6.07) is 15.5. The molecule has 0 aliphatic rings. The molecule has 2 N–H and O–H groups in total. The van der Waals surface area contributed by atoms with E-state index in [2.05, 4.69) is 31.6 Å². The smallest absolute Gasteiger partial charge is 0.253 e. The number of carbonyl (C=O) groups is 1. The van der Waals surface area contributed by atoms with Gasteiger partial charge in [-0.15, -0.1) is 0 Å². The number of amides is 1. The monoisotopic (exact) mass is 446 g/mol. The van der Waals surface area contributed by atoms with Crippen LogP contribution in [0.15, 0.2) is 58.0 Å². The molecule has 0 aromatic heterocycles. The molecule has 0 unspecified atom stereocenters. The van der Waals surface area contributed by atoms with Crippen LogP contribution in [0.25, 0.3) is 0 Å². The van der Waals surface area contributed by atoms with Gasteiger partial charge >= 0.3 is 0 Å². The van der Waals surface area contributed by atoms with Crippen LogP contribution in [-0.4, -0.2) is 57.6 Å². The van der Waals surface area contributed by atoms with Crippen LogP contribution < -0.4 is 15.4 Å². The van der Waals surface area contributed by atoms with E-state index in [1.807, 2.05) is 48.5 Å². The van der Waals surface area contributed by atoms with E-state index < -0.39 is 0 Å². The number of halogens is 1. The van der Waals surface area contributed by atoms with Crippen LogP contribution in [0.1, 0.15) is 15.9 Å². The summed E-state index contributed by atoms with van der Waals surface area (Å²) in [5.41, 5.74) is 1.81. The first-order valence-electron chi connectivity index (χ1n) is 9.13. The highest BCUT2D eigenvalue weighted by molar-refractivity contribution is 9.10. The van der Waals surface area contributed by atoms with Crippen LogP contribution in [0.2, 0.25) is 0 Å². The normalized spacial score (nSPS) is 11.1. The quantitative estimate of drug-likeness (QED) is 0.371. The number of guanidine groups is 1. The first-order valence-corrected chi connectivity index (χ1v) is 9.92. The molecule has 28 heavy (non-hydrogen) atoms. The predicted octanol–water partition coefficient (Wildman–Crippen LogP) is 2.94. The van der Waals surface area contributed by atoms with Crippen molar-refractivity contribution in [1.82, 2.24) is 15.5 Å². The van der Waals surface area contributed by atoms with Crippen LogP contribution in [0.4, 0.5) is 0 Å². The highest BCUT2D eigenvalue weighted by Gasteiger charge is 2.08. The Balaban J connectivity index is 1.72. The topological polar surface area (TPSA) is 66.0 Å². The van der Waals surface area contributed by atoms with Gasteiger partial charge in [0.05, 0.1) is 6.54 Å². The van der Waals surface area contributed by atoms with Crippen molar-refractivity contribution in [2.24, 2.45) is 4.99 Å². The Labute approximate surface area is 175 Å². The lowest BCUT2D eigenvalue weighted by molar-refractivity contribution is 0.0827. The molecule has 0 heterocycles. The summed E-state index contributed by atoms with van der Waals surface area (Å²) in [6.07, 6.45) is 0.795. The van der Waals surface area contributed by atoms with Gasteiger partial charge < -0.3 is 20.3 Å². The first kappa shape index (κ1) is 21.8. The zero-order valence-electron chi connectivity index (χ0n) is 16.5. The van der Waals surface area contributed by atoms with Crippen LogP contribution in [-0.2, 0) is 6.42 Å². The molecule has 0 saturated carbocycles. The second-order valence-electron chi connectivity index (χ2n) is 6.38. The van der Waals surface area contributed by atoms with Gasteiger partial charge in [-0.05, 0) is 42.3 Å². The summed E-state index contributed by atoms with van der Waals surface area (Å²) in [5.74, 6) is 1.56. The van der Waals surface area contributed by atoms with Crippen molar-refractivity contribution < 1.29 is 9.53 Å². The van der Waals surface area contributed by atoms with E-state index in [4.69, 9.17) is 4.74 Å². The van der Waals surface area contributed by atoms with Gasteiger partial charge in [-0.3, -0.25) is 9.79 Å². The summed E-state index contributed by atoms with van der Waals surface area (Å²) in [7, 11) is 5.25. The Kier molecular flexibility index (Phi) is 8.81. The summed E-state index contributed by atoms with van der Waals surface area (Å²) < 4.78 is 6.69. The fourth-order valence-electron chi connectivity index (χ4n) is 2.56. The van der Waals surface area contributed by atoms with E-state index in [0.29, 0.717) is 25.3 Å². The Morgan fingerprint density at radius 1 is 1.11 bits per heavy atom. The number of hydrogen-bond acceptors (Lipinski definition) is 3. The minimum absolute atomic E-state index is 0.0118. The maximum atomic E-state index is 12.1. The maximum Gasteiger partial charge on any atom is 0.253 e. The summed E-state index contributed by atoms with van der Waals surface area (Å²) in [4.78, 5) is 17.9. The second-order valence-corrected chi connectivity index (χ2v) is 7.30. The predicted molar refractivity (Wildman–Crippen MR) is 117 cm³/mol. The van der Waals surface area contributed by atoms with E-state index in [-0.39, 0.29) is 5.91 Å². The lowest BCUT2D eigenvalue weighted by atomic mass is 10.1. The van der Waals surface area contributed by atoms with Crippen molar-refractivity contribution in [2.75, 3.05) is 40.8 Å². The number of benzene rings is 2. The van der Waals surface area contributed by atoms with E-state index in [1.165, 1.54) is 0 Å². The molecule has 0 aliphatic carbocycles. The lowest BCUT2D eigenvalue weighted by Gasteiger charge is -2.13. The molecule has 0 aliphatic heterocycles. The molecule has 2 rings (SSSR count). The zero-order valence-corrected chi connectivity index (χ0v) is 18.1. The van der Waals surface area contributed by atoms with Gasteiger partial charge in [0, 0.05) is 37.7 Å². The third-order valence-electron chi connectivity index (χ3n) is 3.97. The minimum Gasteiger partial charge on any atom is -0.492 e. The van der Waals surface area contributed by atoms with E-state index in [9.17, 15) is 4.79 Å². The molecule has 0 fully saturated rings. The van der Waals surface area contributed by atoms with Crippen molar-refractivity contribution in [1.29, 1.82) is 0 Å². The van der Waals surface area contributed by atoms with Crippen molar-refractivity contribution >= 4 is 27.8 Å². The summed E-state index contributed by atoms with van der Waals surface area (Å²) in [5, 5.41) is 6.50. The molecular formula is C21H27BrN4O2. The Bertz CT molecular complexity index is 808. The van der Waals surface area contributed by atoms with Gasteiger partial charge in [-0.1, -0.05) is 34.1 Å². The molecule has 0 atom stereocenters. The van der Waals surface area contributed by atoms with Gasteiger partial charge in [-0.25, -0.2) is 0 Å². The summed E-state index contributed by atoms with van der Waals surface area (Å²) in [6.45, 7) is 1.89. The fraction of sp³-hybridized carbons (Fsp3) is 0.333. The first-order chi connectivity index (χ1) is 13.5. The van der Waals surface area contributed by atoms with Crippen LogP contribution >= 0.6 is 15.9 Å². The van der Waals surface area contributed by atoms with Crippen LogP contribution in [0.3, 0.4) is 0 Å². The van der Waals surface area contributed by atoms with Crippen molar-refractivity contribution in [3.05, 3.63) is 64.1 Å². The molecule has 1 amide bonds. The van der Waals surface area contributed by atoms with Gasteiger partial charge in [0.1, 0.15) is 12.4 Å². The highest BCUT2D eigenvalue weighted by Crippen LogP contribution is 2.17. The Morgan fingerprint density at radius 3 is 2.57 bits per heavy atom. The van der Waals surface area contributed by atoms with Crippen LogP contribution in [0, 0.1) is 0 Å². The average Bonchev–Trinajstić information content (AvgIpc) is 2.69. The Hall–Kier alpha value is -2.54. The Morgan fingerprint density at radius 2 is 1.86 bits per heavy atom. The fourth-order valence-corrected chi connectivity index (χ4v) is 2.94. The molecule has 0 radical (unpaired) electrons. The molecule has 7 heteroatoms. The molecule has 2 aromatic carbocycles. The average molecular weight is 447 g/mol. The van der Waals surface area contributed by atoms with E-state index in [1.54, 1.807) is 26.0 Å². The molecule has 150 valence electrons. The number of carbonyl (C=O) groups excluding carboxylic acids is 1. The zero-order chi connectivity index (χ0) is 20.4. The second kappa shape index (κ2) is 11.3. The number of nitrogens with zero attached hydrogens (tertiary/aromatic N) is 2. The molecule has 0 spiro atoms. The minimum atomic E-state index is 0.0118. The number of ether oxygens (including phenoxy) is 1. The lowest BCUT2D eigenvalue weighted by Crippen LogP contribution is -2.40. The SMILES string of the molecule is CN=C(NCCOc1cccc(Br)c1)NCCc1cccc(C(=O)N(C)C)c1. The molecule has 0 bridgehead atoms. The molecular weight excluding hydrogens is 420 g/mol. The van der Waals surface area contributed by atoms with Crippen molar-refractivity contribution in [3.8, 4) is 5.75 Å². The third kappa shape index (κ3) is 7.23. The number of rotatable bonds is 8. The van der Waals surface area contributed by atoms with Crippen LogP contribution in [0.5, 0.6) is 5.75 Å². The van der Waals surface area contributed by atoms with Crippen molar-refractivity contribution in [2.45, 2.75) is 6.42 Å². The third-order valence-corrected chi connectivity index (χ3v) is 4.46. The number of nitrogens with one attached hydrogen (secondary N) is 2. The standard InChI is InChI=1S/C21H27BrN4O2/c1-23-21(25-12-13-28-19-9-5-8-18(22)15-19)24-11-10-16-6-4-7-17(14-16)20(27)26(2)3/h4-9,14-15H,10-13H2,1-3H3,(H2,23,24,25). The van der Waals surface area contributed by atoms with Crippen molar-refractivity contribution in [3.63, 3.8) is 0 Å². The van der Waals surface area contributed by atoms with Gasteiger partial charge in [0.25, 0.3) is 5.91 Å². The van der Waals surface area contributed by atoms with Gasteiger partial charge in [0.2, 0.25) is 0 Å². The van der Waals surface area contributed by atoms with Gasteiger partial charge in [-0.2, -0.15) is 0 Å². The molecule has 0 saturated heterocycles. The maximum absolute atomic E-state index is 12.1. The molecule has 6 nitrogen and oxygen atoms in total.